The van der Waals surface area contributed by atoms with Crippen LogP contribution in [0, 0.1) is 5.82 Å². The third-order valence-corrected chi connectivity index (χ3v) is 4.57. The maximum absolute atomic E-state index is 13.8. The van der Waals surface area contributed by atoms with Crippen LogP contribution in [0.15, 0.2) is 71.8 Å². The van der Waals surface area contributed by atoms with Gasteiger partial charge in [-0.25, -0.2) is 9.37 Å². The first-order valence-electron chi connectivity index (χ1n) is 8.68. The lowest BCUT2D eigenvalue weighted by molar-refractivity contribution is 0.0942. The number of benzene rings is 2. The Kier molecular flexibility index (Phi) is 4.49. The highest BCUT2D eigenvalue weighted by Crippen LogP contribution is 2.23. The summed E-state index contributed by atoms with van der Waals surface area (Å²) in [4.78, 5) is 32.1. The van der Waals surface area contributed by atoms with Crippen LogP contribution in [0.3, 0.4) is 0 Å². The molecule has 2 aromatic carbocycles. The van der Waals surface area contributed by atoms with Gasteiger partial charge in [0, 0.05) is 36.4 Å². The van der Waals surface area contributed by atoms with Gasteiger partial charge < -0.3 is 14.9 Å². The number of pyridine rings is 1. The van der Waals surface area contributed by atoms with Crippen LogP contribution >= 0.6 is 0 Å². The molecule has 0 aliphatic heterocycles. The van der Waals surface area contributed by atoms with Gasteiger partial charge >= 0.3 is 0 Å². The minimum atomic E-state index is -0.679. The van der Waals surface area contributed by atoms with E-state index in [0.717, 1.165) is 0 Å². The molecule has 0 bridgehead atoms. The van der Waals surface area contributed by atoms with Gasteiger partial charge in [0.15, 0.2) is 0 Å². The number of carbonyl (C=O) groups is 1. The summed E-state index contributed by atoms with van der Waals surface area (Å²) in [7, 11) is 1.80. The quantitative estimate of drug-likeness (QED) is 0.575. The monoisotopic (exact) mass is 376 g/mol. The van der Waals surface area contributed by atoms with Crippen LogP contribution in [0.25, 0.3) is 10.9 Å². The van der Waals surface area contributed by atoms with Crippen molar-refractivity contribution in [2.24, 2.45) is 7.05 Å². The zero-order chi connectivity index (χ0) is 19.7. The van der Waals surface area contributed by atoms with Gasteiger partial charge in [0.2, 0.25) is 5.56 Å². The van der Waals surface area contributed by atoms with Crippen molar-refractivity contribution >= 4 is 16.8 Å². The second-order valence-electron chi connectivity index (χ2n) is 6.45. The predicted molar refractivity (Wildman–Crippen MR) is 103 cm³/mol. The first-order chi connectivity index (χ1) is 13.5. The van der Waals surface area contributed by atoms with Gasteiger partial charge in [-0.3, -0.25) is 9.59 Å². The number of aromatic amines is 1. The molecule has 2 aromatic heterocycles. The number of H-pyrrole nitrogens is 1. The lowest BCUT2D eigenvalue weighted by Gasteiger charge is -2.19. The number of nitrogens with one attached hydrogen (secondary N) is 2. The van der Waals surface area contributed by atoms with Crippen molar-refractivity contribution in [3.63, 3.8) is 0 Å². The summed E-state index contributed by atoms with van der Waals surface area (Å²) in [6.45, 7) is 0. The Morgan fingerprint density at radius 2 is 2.00 bits per heavy atom. The fourth-order valence-electron chi connectivity index (χ4n) is 3.24. The summed E-state index contributed by atoms with van der Waals surface area (Å²) >= 11 is 0. The smallest absolute Gasteiger partial charge is 0.253 e. The van der Waals surface area contributed by atoms with E-state index in [-0.39, 0.29) is 11.1 Å². The standard InChI is InChI=1S/C21H17FN4O2/c1-26-10-9-23-20(26)19(13-5-4-6-14(22)11-13)25-21(28)16-12-18(27)24-17-8-3-2-7-15(16)17/h2-12,19H,1H3,(H,24,27)(H,25,28)/t19-/m0/s1. The molecule has 2 heterocycles. The van der Waals surface area contributed by atoms with Crippen LogP contribution in [0.4, 0.5) is 4.39 Å². The highest BCUT2D eigenvalue weighted by molar-refractivity contribution is 6.06. The van der Waals surface area contributed by atoms with Crippen molar-refractivity contribution in [2.45, 2.75) is 6.04 Å². The molecule has 0 aliphatic carbocycles. The fraction of sp³-hybridized carbons (Fsp3) is 0.0952. The summed E-state index contributed by atoms with van der Waals surface area (Å²) in [6.07, 6.45) is 3.35. The first kappa shape index (κ1) is 17.7. The Morgan fingerprint density at radius 1 is 1.18 bits per heavy atom. The van der Waals surface area contributed by atoms with Crippen molar-refractivity contribution in [1.29, 1.82) is 0 Å². The second-order valence-corrected chi connectivity index (χ2v) is 6.45. The third-order valence-electron chi connectivity index (χ3n) is 4.57. The van der Waals surface area contributed by atoms with Crippen LogP contribution in [0.1, 0.15) is 27.8 Å². The summed E-state index contributed by atoms with van der Waals surface area (Å²) in [6, 6.07) is 13.6. The van der Waals surface area contributed by atoms with Crippen molar-refractivity contribution in [2.75, 3.05) is 0 Å². The topological polar surface area (TPSA) is 79.8 Å². The number of hydrogen-bond donors (Lipinski definition) is 2. The Labute approximate surface area is 159 Å². The fourth-order valence-corrected chi connectivity index (χ4v) is 3.24. The first-order valence-corrected chi connectivity index (χ1v) is 8.68. The maximum atomic E-state index is 13.8. The van der Waals surface area contributed by atoms with Crippen molar-refractivity contribution in [3.8, 4) is 0 Å². The number of aryl methyl sites for hydroxylation is 1. The summed E-state index contributed by atoms with van der Waals surface area (Å²) < 4.78 is 15.6. The number of hydrogen-bond acceptors (Lipinski definition) is 3. The normalized spacial score (nSPS) is 12.1. The zero-order valence-corrected chi connectivity index (χ0v) is 15.0. The van der Waals surface area contributed by atoms with Gasteiger partial charge in [-0.2, -0.15) is 0 Å². The van der Waals surface area contributed by atoms with Gasteiger partial charge in [-0.05, 0) is 23.8 Å². The molecule has 0 saturated heterocycles. The molecule has 4 rings (SSSR count). The Bertz CT molecular complexity index is 1230. The molecule has 2 N–H and O–H groups in total. The number of nitrogens with zero attached hydrogens (tertiary/aromatic N) is 2. The number of halogens is 1. The summed E-state index contributed by atoms with van der Waals surface area (Å²) in [5.41, 5.74) is 0.995. The van der Waals surface area contributed by atoms with Gasteiger partial charge in [0.25, 0.3) is 5.91 Å². The molecule has 1 atom stereocenters. The van der Waals surface area contributed by atoms with Gasteiger partial charge in [0.05, 0.1) is 5.56 Å². The Hall–Kier alpha value is -3.74. The Morgan fingerprint density at radius 3 is 2.75 bits per heavy atom. The molecule has 4 aromatic rings. The molecule has 140 valence electrons. The number of amides is 1. The molecule has 6 nitrogen and oxygen atoms in total. The van der Waals surface area contributed by atoms with Crippen molar-refractivity contribution in [1.82, 2.24) is 19.9 Å². The number of aromatic nitrogens is 3. The third kappa shape index (κ3) is 3.29. The molecule has 0 radical (unpaired) electrons. The van der Waals surface area contributed by atoms with Crippen LogP contribution in [-0.4, -0.2) is 20.4 Å². The van der Waals surface area contributed by atoms with E-state index in [1.54, 1.807) is 60.4 Å². The second kappa shape index (κ2) is 7.11. The molecule has 28 heavy (non-hydrogen) atoms. The summed E-state index contributed by atoms with van der Waals surface area (Å²) in [5.74, 6) is -0.305. The number of fused-ring (bicyclic) bond motifs is 1. The number of imidazole rings is 1. The minimum absolute atomic E-state index is 0.245. The van der Waals surface area contributed by atoms with Gasteiger partial charge in [0.1, 0.15) is 17.7 Å². The van der Waals surface area contributed by atoms with E-state index in [4.69, 9.17) is 0 Å². The van der Waals surface area contributed by atoms with Crippen molar-refractivity contribution < 1.29 is 9.18 Å². The molecule has 0 saturated carbocycles. The number of para-hydroxylation sites is 1. The lowest BCUT2D eigenvalue weighted by Crippen LogP contribution is -2.32. The molecule has 0 aliphatic rings. The number of rotatable bonds is 4. The van der Waals surface area contributed by atoms with Crippen LogP contribution in [0.5, 0.6) is 0 Å². The zero-order valence-electron chi connectivity index (χ0n) is 15.0. The maximum Gasteiger partial charge on any atom is 0.253 e. The van der Waals surface area contributed by atoms with E-state index in [0.29, 0.717) is 22.3 Å². The predicted octanol–water partition coefficient (Wildman–Crippen LogP) is 2.92. The molecule has 7 heteroatoms. The average molecular weight is 376 g/mol. The molecule has 0 fully saturated rings. The molecule has 0 spiro atoms. The van der Waals surface area contributed by atoms with Gasteiger partial charge in [-0.1, -0.05) is 30.3 Å². The van der Waals surface area contributed by atoms with E-state index in [9.17, 15) is 14.0 Å². The molecule has 1 amide bonds. The molecular formula is C21H17FN4O2. The largest absolute Gasteiger partial charge is 0.338 e. The van der Waals surface area contributed by atoms with Crippen LogP contribution in [0.2, 0.25) is 0 Å². The van der Waals surface area contributed by atoms with E-state index in [2.05, 4.69) is 15.3 Å². The van der Waals surface area contributed by atoms with E-state index < -0.39 is 17.8 Å². The minimum Gasteiger partial charge on any atom is -0.338 e. The van der Waals surface area contributed by atoms with E-state index >= 15 is 0 Å². The molecule has 0 unspecified atom stereocenters. The van der Waals surface area contributed by atoms with E-state index in [1.165, 1.54) is 18.2 Å². The SMILES string of the molecule is Cn1ccnc1[C@@H](NC(=O)c1cc(=O)[nH]c2ccccc12)c1cccc(F)c1. The van der Waals surface area contributed by atoms with Gasteiger partial charge in [-0.15, -0.1) is 0 Å². The molecular weight excluding hydrogens is 359 g/mol. The van der Waals surface area contributed by atoms with Crippen molar-refractivity contribution in [3.05, 3.63) is 100 Å². The summed E-state index contributed by atoms with van der Waals surface area (Å²) in [5, 5.41) is 3.52. The highest BCUT2D eigenvalue weighted by atomic mass is 19.1. The van der Waals surface area contributed by atoms with Crippen LogP contribution < -0.4 is 10.9 Å². The lowest BCUT2D eigenvalue weighted by atomic mass is 10.0. The average Bonchev–Trinajstić information content (AvgIpc) is 3.10. The number of carbonyl (C=O) groups excluding carboxylic acids is 1. The van der Waals surface area contributed by atoms with E-state index in [1.807, 2.05) is 0 Å². The highest BCUT2D eigenvalue weighted by Gasteiger charge is 2.23. The van der Waals surface area contributed by atoms with Crippen LogP contribution in [-0.2, 0) is 7.05 Å². The Balaban J connectivity index is 1.79.